The number of anilines is 1. The van der Waals surface area contributed by atoms with Crippen molar-refractivity contribution >= 4 is 21.6 Å². The molecule has 0 aliphatic carbocycles. The van der Waals surface area contributed by atoms with Crippen molar-refractivity contribution in [2.45, 2.75) is 37.3 Å². The summed E-state index contributed by atoms with van der Waals surface area (Å²) in [7, 11) is -3.87. The number of benzene rings is 3. The summed E-state index contributed by atoms with van der Waals surface area (Å²) in [4.78, 5) is 13.5. The zero-order valence-corrected chi connectivity index (χ0v) is 19.5. The van der Waals surface area contributed by atoms with Gasteiger partial charge >= 0.3 is 0 Å². The summed E-state index contributed by atoms with van der Waals surface area (Å²) >= 11 is 0. The fourth-order valence-corrected chi connectivity index (χ4v) is 5.48. The Balaban J connectivity index is 1.63. The van der Waals surface area contributed by atoms with Gasteiger partial charge in [-0.2, -0.15) is 0 Å². The molecule has 3 aromatic rings. The van der Waals surface area contributed by atoms with Crippen LogP contribution in [0.25, 0.3) is 0 Å². The van der Waals surface area contributed by atoms with Crippen molar-refractivity contribution in [3.05, 3.63) is 90.5 Å². The Morgan fingerprint density at radius 3 is 2.24 bits per heavy atom. The molecule has 3 aromatic carbocycles. The summed E-state index contributed by atoms with van der Waals surface area (Å²) in [6, 6.07) is 24.7. The van der Waals surface area contributed by atoms with Crippen LogP contribution in [0.3, 0.4) is 0 Å². The van der Waals surface area contributed by atoms with Gasteiger partial charge in [-0.15, -0.1) is 0 Å². The SMILES string of the molecule is CC(C)C[C@@H](NC(=O)[C@@H]1CN(S(=O)(=O)c2ccccc2)c2ccccc2O1)c1ccccc1. The van der Waals surface area contributed by atoms with E-state index in [0.717, 1.165) is 12.0 Å². The monoisotopic (exact) mass is 464 g/mol. The molecule has 1 aliphatic rings. The molecule has 2 atom stereocenters. The lowest BCUT2D eigenvalue weighted by atomic mass is 9.96. The third-order valence-corrected chi connectivity index (χ3v) is 7.38. The maximum Gasteiger partial charge on any atom is 0.264 e. The normalized spacial score (nSPS) is 16.6. The molecule has 1 amide bonds. The van der Waals surface area contributed by atoms with Crippen LogP contribution in [0.1, 0.15) is 31.9 Å². The Morgan fingerprint density at radius 2 is 1.58 bits per heavy atom. The molecule has 7 heteroatoms. The lowest BCUT2D eigenvalue weighted by Gasteiger charge is -2.35. The summed E-state index contributed by atoms with van der Waals surface area (Å²) in [6.45, 7) is 4.09. The summed E-state index contributed by atoms with van der Waals surface area (Å²) in [5, 5.41) is 3.09. The van der Waals surface area contributed by atoms with Crippen LogP contribution >= 0.6 is 0 Å². The minimum absolute atomic E-state index is 0.108. The molecule has 0 fully saturated rings. The van der Waals surface area contributed by atoms with E-state index in [0.29, 0.717) is 17.4 Å². The molecule has 4 rings (SSSR count). The number of sulfonamides is 1. The summed E-state index contributed by atoms with van der Waals surface area (Å²) in [6.07, 6.45) is -0.220. The first-order chi connectivity index (χ1) is 15.9. The summed E-state index contributed by atoms with van der Waals surface area (Å²) in [5.74, 6) is 0.384. The van der Waals surface area contributed by atoms with Gasteiger partial charge in [0, 0.05) is 0 Å². The van der Waals surface area contributed by atoms with Crippen molar-refractivity contribution in [1.29, 1.82) is 0 Å². The van der Waals surface area contributed by atoms with Crippen molar-refractivity contribution in [3.63, 3.8) is 0 Å². The van der Waals surface area contributed by atoms with Crippen LogP contribution in [0.4, 0.5) is 5.69 Å². The highest BCUT2D eigenvalue weighted by Gasteiger charge is 2.38. The van der Waals surface area contributed by atoms with Gasteiger partial charge in [-0.1, -0.05) is 74.5 Å². The first kappa shape index (κ1) is 22.9. The minimum atomic E-state index is -3.87. The van der Waals surface area contributed by atoms with Crippen LogP contribution in [0.2, 0.25) is 0 Å². The average Bonchev–Trinajstić information content (AvgIpc) is 2.83. The topological polar surface area (TPSA) is 75.7 Å². The molecule has 1 N–H and O–H groups in total. The van der Waals surface area contributed by atoms with Gasteiger partial charge in [0.25, 0.3) is 15.9 Å². The molecule has 172 valence electrons. The Labute approximate surface area is 195 Å². The Hall–Kier alpha value is -3.32. The molecule has 0 saturated heterocycles. The standard InChI is InChI=1S/C26H28N2O4S/c1-19(2)17-22(20-11-5-3-6-12-20)27-26(29)25-18-28(23-15-9-10-16-24(23)32-25)33(30,31)21-13-7-4-8-14-21/h3-16,19,22,25H,17-18H2,1-2H3,(H,27,29)/t22-,25+/m1/s1. The van der Waals surface area contributed by atoms with Crippen molar-refractivity contribution in [1.82, 2.24) is 5.32 Å². The van der Waals surface area contributed by atoms with Crippen molar-refractivity contribution in [2.75, 3.05) is 10.8 Å². The Morgan fingerprint density at radius 1 is 0.970 bits per heavy atom. The molecule has 1 heterocycles. The van der Waals surface area contributed by atoms with Gasteiger partial charge in [0.2, 0.25) is 0 Å². The lowest BCUT2D eigenvalue weighted by molar-refractivity contribution is -0.128. The second-order valence-corrected chi connectivity index (χ2v) is 10.4. The van der Waals surface area contributed by atoms with Gasteiger partial charge in [0.05, 0.1) is 23.2 Å². The van der Waals surface area contributed by atoms with Crippen molar-refractivity contribution in [3.8, 4) is 5.75 Å². The number of para-hydroxylation sites is 2. The molecule has 1 aliphatic heterocycles. The molecule has 6 nitrogen and oxygen atoms in total. The van der Waals surface area contributed by atoms with Gasteiger partial charge in [0.1, 0.15) is 5.75 Å². The second-order valence-electron chi connectivity index (χ2n) is 8.52. The highest BCUT2D eigenvalue weighted by atomic mass is 32.2. The number of amides is 1. The van der Waals surface area contributed by atoms with E-state index in [4.69, 9.17) is 4.74 Å². The lowest BCUT2D eigenvalue weighted by Crippen LogP contribution is -2.51. The number of nitrogens with one attached hydrogen (secondary N) is 1. The number of carbonyl (C=O) groups is 1. The number of rotatable bonds is 7. The van der Waals surface area contributed by atoms with E-state index in [-0.39, 0.29) is 23.4 Å². The number of carbonyl (C=O) groups excluding carboxylic acids is 1. The third-order valence-electron chi connectivity index (χ3n) is 5.58. The summed E-state index contributed by atoms with van der Waals surface area (Å²) in [5.41, 5.74) is 1.43. The van der Waals surface area contributed by atoms with Crippen LogP contribution in [-0.2, 0) is 14.8 Å². The molecule has 0 radical (unpaired) electrons. The number of hydrogen-bond donors (Lipinski definition) is 1. The summed E-state index contributed by atoms with van der Waals surface area (Å²) < 4.78 is 34.1. The van der Waals surface area contributed by atoms with E-state index >= 15 is 0 Å². The molecule has 0 unspecified atom stereocenters. The highest BCUT2D eigenvalue weighted by Crippen LogP contribution is 2.37. The van der Waals surface area contributed by atoms with Crippen molar-refractivity contribution < 1.29 is 17.9 Å². The Bertz CT molecular complexity index is 1200. The Kier molecular flexibility index (Phi) is 6.70. The number of ether oxygens (including phenoxy) is 1. The molecule has 33 heavy (non-hydrogen) atoms. The first-order valence-electron chi connectivity index (χ1n) is 11.0. The molecule has 0 aromatic heterocycles. The fourth-order valence-electron chi connectivity index (χ4n) is 3.99. The maximum atomic E-state index is 13.4. The molecular formula is C26H28N2O4S. The minimum Gasteiger partial charge on any atom is -0.476 e. The van der Waals surface area contributed by atoms with Gasteiger partial charge in [-0.05, 0) is 42.2 Å². The van der Waals surface area contributed by atoms with E-state index in [2.05, 4.69) is 19.2 Å². The largest absolute Gasteiger partial charge is 0.476 e. The van der Waals surface area contributed by atoms with E-state index < -0.39 is 16.1 Å². The van der Waals surface area contributed by atoms with Crippen LogP contribution in [0.15, 0.2) is 89.8 Å². The van der Waals surface area contributed by atoms with E-state index in [9.17, 15) is 13.2 Å². The smallest absolute Gasteiger partial charge is 0.264 e. The predicted molar refractivity (Wildman–Crippen MR) is 129 cm³/mol. The molecule has 0 spiro atoms. The van der Waals surface area contributed by atoms with Crippen LogP contribution < -0.4 is 14.4 Å². The third kappa shape index (κ3) is 5.03. The molecule has 0 bridgehead atoms. The highest BCUT2D eigenvalue weighted by molar-refractivity contribution is 7.92. The number of fused-ring (bicyclic) bond motifs is 1. The van der Waals surface area contributed by atoms with Gasteiger partial charge in [0.15, 0.2) is 6.10 Å². The van der Waals surface area contributed by atoms with E-state index in [1.165, 1.54) is 4.31 Å². The predicted octanol–water partition coefficient (Wildman–Crippen LogP) is 4.55. The van der Waals surface area contributed by atoms with E-state index in [1.807, 2.05) is 30.3 Å². The van der Waals surface area contributed by atoms with Gasteiger partial charge < -0.3 is 10.1 Å². The van der Waals surface area contributed by atoms with E-state index in [1.54, 1.807) is 54.6 Å². The quantitative estimate of drug-likeness (QED) is 0.557. The molecular weight excluding hydrogens is 436 g/mol. The van der Waals surface area contributed by atoms with Crippen molar-refractivity contribution in [2.24, 2.45) is 5.92 Å². The van der Waals surface area contributed by atoms with Crippen LogP contribution in [-0.4, -0.2) is 27.0 Å². The fraction of sp³-hybridized carbons (Fsp3) is 0.269. The first-order valence-corrected chi connectivity index (χ1v) is 12.5. The van der Waals surface area contributed by atoms with Gasteiger partial charge in [-0.25, -0.2) is 8.42 Å². The zero-order chi connectivity index (χ0) is 23.4. The average molecular weight is 465 g/mol. The molecule has 0 saturated carbocycles. The van der Waals surface area contributed by atoms with Crippen LogP contribution in [0, 0.1) is 5.92 Å². The van der Waals surface area contributed by atoms with Crippen LogP contribution in [0.5, 0.6) is 5.75 Å². The maximum absolute atomic E-state index is 13.4. The number of nitrogens with zero attached hydrogens (tertiary/aromatic N) is 1. The van der Waals surface area contributed by atoms with Gasteiger partial charge in [-0.3, -0.25) is 9.10 Å². The zero-order valence-electron chi connectivity index (χ0n) is 18.7. The second kappa shape index (κ2) is 9.67. The number of hydrogen-bond acceptors (Lipinski definition) is 4.